The van der Waals surface area contributed by atoms with E-state index < -0.39 is 5.92 Å². The lowest BCUT2D eigenvalue weighted by molar-refractivity contribution is -0.129. The van der Waals surface area contributed by atoms with Gasteiger partial charge in [0.1, 0.15) is 5.78 Å². The lowest BCUT2D eigenvalue weighted by Gasteiger charge is -2.38. The minimum atomic E-state index is -0.484. The van der Waals surface area contributed by atoms with Crippen LogP contribution in [0.3, 0.4) is 0 Å². The zero-order valence-corrected chi connectivity index (χ0v) is 11.0. The molecule has 1 aromatic rings. The Morgan fingerprint density at radius 2 is 1.84 bits per heavy atom. The Labute approximate surface area is 113 Å². The van der Waals surface area contributed by atoms with E-state index in [0.29, 0.717) is 18.2 Å². The lowest BCUT2D eigenvalue weighted by atomic mass is 9.73. The standard InChI is InChI=1S/C16H19NO2/c18-15(11-6-2-1-3-7-11)13-10-17-14-9-5-4-8-12(14)16(13)19/h1-3,6-7,12-14,17H,4-5,8-10H2. The van der Waals surface area contributed by atoms with Gasteiger partial charge in [-0.2, -0.15) is 0 Å². The second-order valence-electron chi connectivity index (χ2n) is 5.59. The summed E-state index contributed by atoms with van der Waals surface area (Å²) in [4.78, 5) is 24.9. The molecule has 3 rings (SSSR count). The average molecular weight is 257 g/mol. The third kappa shape index (κ3) is 2.35. The first-order valence-corrected chi connectivity index (χ1v) is 7.14. The molecular weight excluding hydrogens is 238 g/mol. The molecule has 0 radical (unpaired) electrons. The molecule has 1 saturated heterocycles. The van der Waals surface area contributed by atoms with Crippen LogP contribution in [-0.2, 0) is 4.79 Å². The topological polar surface area (TPSA) is 46.2 Å². The van der Waals surface area contributed by atoms with Gasteiger partial charge in [0.2, 0.25) is 0 Å². The van der Waals surface area contributed by atoms with Crippen molar-refractivity contribution in [2.45, 2.75) is 31.7 Å². The Balaban J connectivity index is 1.79. The van der Waals surface area contributed by atoms with Gasteiger partial charge in [-0.15, -0.1) is 0 Å². The van der Waals surface area contributed by atoms with Gasteiger partial charge < -0.3 is 5.32 Å². The minimum absolute atomic E-state index is 0.0258. The molecule has 3 heteroatoms. The van der Waals surface area contributed by atoms with E-state index in [1.54, 1.807) is 12.1 Å². The SMILES string of the molecule is O=C(c1ccccc1)C1CNC2CCCCC2C1=O. The van der Waals surface area contributed by atoms with Crippen LogP contribution in [0.4, 0.5) is 0 Å². The van der Waals surface area contributed by atoms with E-state index in [4.69, 9.17) is 0 Å². The van der Waals surface area contributed by atoms with Gasteiger partial charge in [0.05, 0.1) is 5.92 Å². The molecule has 1 heterocycles. The first kappa shape index (κ1) is 12.5. The van der Waals surface area contributed by atoms with Gasteiger partial charge in [0.25, 0.3) is 0 Å². The summed E-state index contributed by atoms with van der Waals surface area (Å²) >= 11 is 0. The molecule has 0 aromatic heterocycles. The third-order valence-electron chi connectivity index (χ3n) is 4.43. The number of benzene rings is 1. The Kier molecular flexibility index (Phi) is 3.47. The lowest BCUT2D eigenvalue weighted by Crippen LogP contribution is -2.54. The Morgan fingerprint density at radius 1 is 1.11 bits per heavy atom. The van der Waals surface area contributed by atoms with Gasteiger partial charge in [-0.05, 0) is 12.8 Å². The summed E-state index contributed by atoms with van der Waals surface area (Å²) in [6, 6.07) is 9.47. The van der Waals surface area contributed by atoms with Crippen molar-refractivity contribution in [3.05, 3.63) is 35.9 Å². The fraction of sp³-hybridized carbons (Fsp3) is 0.500. The predicted molar refractivity (Wildman–Crippen MR) is 73.0 cm³/mol. The van der Waals surface area contributed by atoms with Crippen LogP contribution in [0.5, 0.6) is 0 Å². The van der Waals surface area contributed by atoms with E-state index in [1.807, 2.05) is 18.2 Å². The molecule has 1 saturated carbocycles. The maximum Gasteiger partial charge on any atom is 0.174 e. The summed E-state index contributed by atoms with van der Waals surface area (Å²) in [6.45, 7) is 0.508. The number of carbonyl (C=O) groups excluding carboxylic acids is 2. The molecule has 100 valence electrons. The van der Waals surface area contributed by atoms with Gasteiger partial charge >= 0.3 is 0 Å². The monoisotopic (exact) mass is 257 g/mol. The van der Waals surface area contributed by atoms with Gasteiger partial charge in [0, 0.05) is 24.1 Å². The van der Waals surface area contributed by atoms with E-state index in [-0.39, 0.29) is 17.5 Å². The van der Waals surface area contributed by atoms with Crippen LogP contribution in [0.2, 0.25) is 0 Å². The molecule has 3 atom stereocenters. The largest absolute Gasteiger partial charge is 0.312 e. The van der Waals surface area contributed by atoms with E-state index in [0.717, 1.165) is 19.3 Å². The number of fused-ring (bicyclic) bond motifs is 1. The van der Waals surface area contributed by atoms with E-state index >= 15 is 0 Å². The van der Waals surface area contributed by atoms with Crippen molar-refractivity contribution in [1.29, 1.82) is 0 Å². The number of nitrogens with one attached hydrogen (secondary N) is 1. The maximum absolute atomic E-state index is 12.5. The number of hydrogen-bond donors (Lipinski definition) is 1. The van der Waals surface area contributed by atoms with Crippen LogP contribution in [0.1, 0.15) is 36.0 Å². The number of rotatable bonds is 2. The third-order valence-corrected chi connectivity index (χ3v) is 4.43. The summed E-state index contributed by atoms with van der Waals surface area (Å²) in [5.41, 5.74) is 0.650. The molecule has 3 nitrogen and oxygen atoms in total. The second kappa shape index (κ2) is 5.25. The molecule has 19 heavy (non-hydrogen) atoms. The van der Waals surface area contributed by atoms with Gasteiger partial charge in [-0.25, -0.2) is 0 Å². The van der Waals surface area contributed by atoms with Crippen LogP contribution in [-0.4, -0.2) is 24.2 Å². The van der Waals surface area contributed by atoms with E-state index in [2.05, 4.69) is 5.32 Å². The normalized spacial score (nSPS) is 30.7. The van der Waals surface area contributed by atoms with Crippen LogP contribution in [0, 0.1) is 11.8 Å². The van der Waals surface area contributed by atoms with Crippen LogP contribution in [0.15, 0.2) is 30.3 Å². The highest BCUT2D eigenvalue weighted by Crippen LogP contribution is 2.31. The smallest absolute Gasteiger partial charge is 0.174 e. The highest BCUT2D eigenvalue weighted by molar-refractivity contribution is 6.12. The molecule has 0 bridgehead atoms. The molecule has 0 spiro atoms. The predicted octanol–water partition coefficient (Wildman–Crippen LogP) is 2.22. The van der Waals surface area contributed by atoms with Gasteiger partial charge in [0.15, 0.2) is 5.78 Å². The summed E-state index contributed by atoms with van der Waals surface area (Å²) in [6.07, 6.45) is 4.32. The maximum atomic E-state index is 12.5. The molecule has 1 N–H and O–H groups in total. The molecule has 3 unspecified atom stereocenters. The molecule has 0 amide bonds. The summed E-state index contributed by atoms with van der Waals surface area (Å²) in [5.74, 6) is -0.290. The summed E-state index contributed by atoms with van der Waals surface area (Å²) < 4.78 is 0. The Hall–Kier alpha value is -1.48. The Morgan fingerprint density at radius 3 is 2.63 bits per heavy atom. The van der Waals surface area contributed by atoms with E-state index in [1.165, 1.54) is 6.42 Å². The molecule has 1 aliphatic heterocycles. The molecule has 1 aromatic carbocycles. The zero-order chi connectivity index (χ0) is 13.2. The van der Waals surface area contributed by atoms with Crippen molar-refractivity contribution >= 4 is 11.6 Å². The number of hydrogen-bond acceptors (Lipinski definition) is 3. The number of ketones is 2. The zero-order valence-electron chi connectivity index (χ0n) is 11.0. The summed E-state index contributed by atoms with van der Waals surface area (Å²) in [5, 5.41) is 3.41. The first-order valence-electron chi connectivity index (χ1n) is 7.14. The fourth-order valence-electron chi connectivity index (χ4n) is 3.37. The van der Waals surface area contributed by atoms with Crippen molar-refractivity contribution in [2.75, 3.05) is 6.54 Å². The van der Waals surface area contributed by atoms with Crippen molar-refractivity contribution in [2.24, 2.45) is 11.8 Å². The second-order valence-corrected chi connectivity index (χ2v) is 5.59. The molecule has 2 aliphatic rings. The number of carbonyl (C=O) groups is 2. The first-order chi connectivity index (χ1) is 9.27. The number of Topliss-reactive ketones (excluding diaryl/α,β-unsaturated/α-hetero) is 2. The molecule has 2 fully saturated rings. The average Bonchev–Trinajstić information content (AvgIpc) is 2.48. The number of piperidine rings is 1. The van der Waals surface area contributed by atoms with Crippen LogP contribution >= 0.6 is 0 Å². The van der Waals surface area contributed by atoms with Crippen molar-refractivity contribution in [3.63, 3.8) is 0 Å². The van der Waals surface area contributed by atoms with Crippen molar-refractivity contribution < 1.29 is 9.59 Å². The van der Waals surface area contributed by atoms with Crippen LogP contribution < -0.4 is 5.32 Å². The Bertz CT molecular complexity index is 483. The van der Waals surface area contributed by atoms with Gasteiger partial charge in [-0.1, -0.05) is 43.2 Å². The highest BCUT2D eigenvalue weighted by atomic mass is 16.2. The van der Waals surface area contributed by atoms with E-state index in [9.17, 15) is 9.59 Å². The molecular formula is C16H19NO2. The van der Waals surface area contributed by atoms with Crippen molar-refractivity contribution in [3.8, 4) is 0 Å². The minimum Gasteiger partial charge on any atom is -0.312 e. The fourth-order valence-corrected chi connectivity index (χ4v) is 3.37. The van der Waals surface area contributed by atoms with Crippen LogP contribution in [0.25, 0.3) is 0 Å². The highest BCUT2D eigenvalue weighted by Gasteiger charge is 2.41. The summed E-state index contributed by atoms with van der Waals surface area (Å²) in [7, 11) is 0. The quantitative estimate of drug-likeness (QED) is 0.652. The van der Waals surface area contributed by atoms with Gasteiger partial charge in [-0.3, -0.25) is 9.59 Å². The van der Waals surface area contributed by atoms with Crippen molar-refractivity contribution in [1.82, 2.24) is 5.32 Å². The molecule has 1 aliphatic carbocycles.